The molecule has 0 saturated heterocycles. The van der Waals surface area contributed by atoms with Crippen LogP contribution >= 0.6 is 0 Å². The van der Waals surface area contributed by atoms with E-state index in [1.165, 1.54) is 16.8 Å². The van der Waals surface area contributed by atoms with E-state index in [1.54, 1.807) is 0 Å². The molecule has 1 aromatic heterocycles. The maximum Gasteiger partial charge on any atom is 0.0197 e. The highest BCUT2D eigenvalue weighted by atomic mass is 14.7. The van der Waals surface area contributed by atoms with Gasteiger partial charge in [0.05, 0.1) is 0 Å². The summed E-state index contributed by atoms with van der Waals surface area (Å²) in [6.45, 7) is 2.16. The lowest BCUT2D eigenvalue weighted by Crippen LogP contribution is -2.27. The Morgan fingerprint density at radius 2 is 2.45 bits per heavy atom. The maximum atomic E-state index is 5.84. The second-order valence-electron chi connectivity index (χ2n) is 3.43. The molecule has 60 valence electrons. The molecule has 0 bridgehead atoms. The number of aromatic amines is 1. The molecule has 0 aromatic carbocycles. The number of H-pyrrole nitrogens is 1. The number of fused-ring (bicyclic) bond motifs is 1. The lowest BCUT2D eigenvalue weighted by Gasteiger charge is -2.18. The predicted molar refractivity (Wildman–Crippen MR) is 45.5 cm³/mol. The molecule has 1 aliphatic rings. The molecule has 1 aliphatic carbocycles. The standard InChI is InChI=1S/C9H14N2/c1-6-5-11-9-4-7(10)2-3-8(6)9/h5,7,11H,2-4,10H2,1H3. The van der Waals surface area contributed by atoms with Crippen LogP contribution in [0.5, 0.6) is 0 Å². The predicted octanol–water partition coefficient (Wildman–Crippen LogP) is 1.14. The smallest absolute Gasteiger partial charge is 0.0197 e. The summed E-state index contributed by atoms with van der Waals surface area (Å²) in [5.41, 5.74) is 10.1. The second kappa shape index (κ2) is 2.38. The number of nitrogens with two attached hydrogens (primary N) is 1. The molecular weight excluding hydrogens is 136 g/mol. The molecule has 0 spiro atoms. The molecule has 11 heavy (non-hydrogen) atoms. The van der Waals surface area contributed by atoms with Gasteiger partial charge >= 0.3 is 0 Å². The average molecular weight is 150 g/mol. The number of nitrogens with one attached hydrogen (secondary N) is 1. The van der Waals surface area contributed by atoms with Gasteiger partial charge < -0.3 is 10.7 Å². The largest absolute Gasteiger partial charge is 0.364 e. The van der Waals surface area contributed by atoms with Crippen LogP contribution < -0.4 is 5.73 Å². The van der Waals surface area contributed by atoms with Gasteiger partial charge in [-0.25, -0.2) is 0 Å². The van der Waals surface area contributed by atoms with Crippen molar-refractivity contribution in [1.82, 2.24) is 4.98 Å². The van der Waals surface area contributed by atoms with Crippen LogP contribution in [0.4, 0.5) is 0 Å². The van der Waals surface area contributed by atoms with Gasteiger partial charge in [-0.05, 0) is 30.9 Å². The number of rotatable bonds is 0. The zero-order valence-electron chi connectivity index (χ0n) is 6.85. The van der Waals surface area contributed by atoms with Gasteiger partial charge in [-0.1, -0.05) is 0 Å². The van der Waals surface area contributed by atoms with E-state index in [0.717, 1.165) is 19.3 Å². The Morgan fingerprint density at radius 1 is 1.64 bits per heavy atom. The summed E-state index contributed by atoms with van der Waals surface area (Å²) in [5, 5.41) is 0. The third-order valence-electron chi connectivity index (χ3n) is 2.53. The van der Waals surface area contributed by atoms with E-state index in [-0.39, 0.29) is 0 Å². The number of aromatic nitrogens is 1. The van der Waals surface area contributed by atoms with Gasteiger partial charge in [-0.3, -0.25) is 0 Å². The van der Waals surface area contributed by atoms with E-state index >= 15 is 0 Å². The minimum atomic E-state index is 0.376. The monoisotopic (exact) mass is 150 g/mol. The van der Waals surface area contributed by atoms with Crippen LogP contribution in [-0.4, -0.2) is 11.0 Å². The van der Waals surface area contributed by atoms with Gasteiger partial charge in [-0.15, -0.1) is 0 Å². The average Bonchev–Trinajstić information content (AvgIpc) is 2.32. The van der Waals surface area contributed by atoms with Crippen molar-refractivity contribution in [3.63, 3.8) is 0 Å². The van der Waals surface area contributed by atoms with Crippen LogP contribution in [0, 0.1) is 6.92 Å². The van der Waals surface area contributed by atoms with Gasteiger partial charge in [0.2, 0.25) is 0 Å². The van der Waals surface area contributed by atoms with Crippen molar-refractivity contribution in [3.05, 3.63) is 23.0 Å². The molecule has 1 heterocycles. The molecule has 0 amide bonds. The first-order chi connectivity index (χ1) is 5.27. The third kappa shape index (κ3) is 1.07. The van der Waals surface area contributed by atoms with Gasteiger partial charge in [0.1, 0.15) is 0 Å². The van der Waals surface area contributed by atoms with Crippen LogP contribution in [0.2, 0.25) is 0 Å². The molecule has 3 N–H and O–H groups in total. The van der Waals surface area contributed by atoms with E-state index in [1.807, 2.05) is 0 Å². The van der Waals surface area contributed by atoms with E-state index < -0.39 is 0 Å². The summed E-state index contributed by atoms with van der Waals surface area (Å²) in [7, 11) is 0. The normalized spacial score (nSPS) is 23.3. The minimum Gasteiger partial charge on any atom is -0.364 e. The van der Waals surface area contributed by atoms with Gasteiger partial charge in [0.25, 0.3) is 0 Å². The Hall–Kier alpha value is -0.760. The fraction of sp³-hybridized carbons (Fsp3) is 0.556. The van der Waals surface area contributed by atoms with Crippen molar-refractivity contribution in [2.75, 3.05) is 0 Å². The Balaban J connectivity index is 2.36. The van der Waals surface area contributed by atoms with Crippen LogP contribution in [0.15, 0.2) is 6.20 Å². The van der Waals surface area contributed by atoms with Crippen LogP contribution in [0.25, 0.3) is 0 Å². The fourth-order valence-corrected chi connectivity index (χ4v) is 1.83. The summed E-state index contributed by atoms with van der Waals surface area (Å²) in [4.78, 5) is 3.28. The molecule has 1 atom stereocenters. The molecule has 2 rings (SSSR count). The third-order valence-corrected chi connectivity index (χ3v) is 2.53. The fourth-order valence-electron chi connectivity index (χ4n) is 1.83. The molecule has 1 aromatic rings. The summed E-state index contributed by atoms with van der Waals surface area (Å²) in [6, 6.07) is 0.376. The van der Waals surface area contributed by atoms with Crippen molar-refractivity contribution in [1.29, 1.82) is 0 Å². The number of hydrogen-bond donors (Lipinski definition) is 2. The first-order valence-corrected chi connectivity index (χ1v) is 4.18. The van der Waals surface area contributed by atoms with E-state index in [0.29, 0.717) is 6.04 Å². The Morgan fingerprint density at radius 3 is 3.27 bits per heavy atom. The van der Waals surface area contributed by atoms with Crippen molar-refractivity contribution in [2.24, 2.45) is 5.73 Å². The first-order valence-electron chi connectivity index (χ1n) is 4.18. The highest BCUT2D eigenvalue weighted by Gasteiger charge is 2.17. The Kier molecular flexibility index (Phi) is 1.50. The lowest BCUT2D eigenvalue weighted by molar-refractivity contribution is 0.569. The summed E-state index contributed by atoms with van der Waals surface area (Å²) in [6.07, 6.45) is 5.42. The van der Waals surface area contributed by atoms with Crippen molar-refractivity contribution >= 4 is 0 Å². The highest BCUT2D eigenvalue weighted by molar-refractivity contribution is 5.32. The van der Waals surface area contributed by atoms with Gasteiger partial charge in [0.15, 0.2) is 0 Å². The van der Waals surface area contributed by atoms with Crippen molar-refractivity contribution in [3.8, 4) is 0 Å². The van der Waals surface area contributed by atoms with Crippen molar-refractivity contribution in [2.45, 2.75) is 32.2 Å². The molecule has 2 nitrogen and oxygen atoms in total. The molecule has 0 fully saturated rings. The van der Waals surface area contributed by atoms with E-state index in [9.17, 15) is 0 Å². The lowest BCUT2D eigenvalue weighted by atomic mass is 9.92. The van der Waals surface area contributed by atoms with E-state index in [2.05, 4.69) is 18.1 Å². The molecule has 0 radical (unpaired) electrons. The van der Waals surface area contributed by atoms with Gasteiger partial charge in [-0.2, -0.15) is 0 Å². The zero-order chi connectivity index (χ0) is 7.84. The minimum absolute atomic E-state index is 0.376. The Labute approximate surface area is 66.8 Å². The number of hydrogen-bond acceptors (Lipinski definition) is 1. The quantitative estimate of drug-likeness (QED) is 0.572. The molecule has 2 heteroatoms. The highest BCUT2D eigenvalue weighted by Crippen LogP contribution is 2.22. The summed E-state index contributed by atoms with van der Waals surface area (Å²) < 4.78 is 0. The van der Waals surface area contributed by atoms with E-state index in [4.69, 9.17) is 5.73 Å². The SMILES string of the molecule is Cc1c[nH]c2c1CCC(N)C2. The molecular formula is C9H14N2. The molecule has 1 unspecified atom stereocenters. The topological polar surface area (TPSA) is 41.8 Å². The first kappa shape index (κ1) is 6.92. The zero-order valence-corrected chi connectivity index (χ0v) is 6.85. The van der Waals surface area contributed by atoms with Gasteiger partial charge in [0, 0.05) is 24.4 Å². The molecule has 0 aliphatic heterocycles. The summed E-state index contributed by atoms with van der Waals surface area (Å²) >= 11 is 0. The maximum absolute atomic E-state index is 5.84. The molecule has 0 saturated carbocycles. The second-order valence-corrected chi connectivity index (χ2v) is 3.43. The van der Waals surface area contributed by atoms with Crippen LogP contribution in [0.3, 0.4) is 0 Å². The van der Waals surface area contributed by atoms with Crippen LogP contribution in [-0.2, 0) is 12.8 Å². The number of aryl methyl sites for hydroxylation is 1. The van der Waals surface area contributed by atoms with Crippen LogP contribution in [0.1, 0.15) is 23.2 Å². The summed E-state index contributed by atoms with van der Waals surface area (Å²) in [5.74, 6) is 0. The Bertz CT molecular complexity index is 263. The van der Waals surface area contributed by atoms with Crippen molar-refractivity contribution < 1.29 is 0 Å².